The zero-order valence-electron chi connectivity index (χ0n) is 11.4. The third-order valence-electron chi connectivity index (χ3n) is 4.55. The van der Waals surface area contributed by atoms with E-state index in [1.807, 2.05) is 18.2 Å². The van der Waals surface area contributed by atoms with Gasteiger partial charge in [-0.15, -0.1) is 0 Å². The lowest BCUT2D eigenvalue weighted by molar-refractivity contribution is 0.0821. The molecule has 0 aromatic heterocycles. The summed E-state index contributed by atoms with van der Waals surface area (Å²) in [6, 6.07) is 16.5. The first-order valence-corrected chi connectivity index (χ1v) is 7.21. The van der Waals surface area contributed by atoms with Gasteiger partial charge in [-0.3, -0.25) is 0 Å². The summed E-state index contributed by atoms with van der Waals surface area (Å²) in [5.41, 5.74) is 1.77. The van der Waals surface area contributed by atoms with Crippen LogP contribution in [-0.2, 0) is 5.41 Å². The van der Waals surface area contributed by atoms with Crippen LogP contribution in [0, 0.1) is 5.82 Å². The number of halogens is 1. The number of rotatable bonds is 3. The predicted molar refractivity (Wildman–Crippen MR) is 77.9 cm³/mol. The highest BCUT2D eigenvalue weighted by Gasteiger charge is 2.42. The maximum atomic E-state index is 13.1. The molecule has 1 aliphatic rings. The summed E-state index contributed by atoms with van der Waals surface area (Å²) >= 11 is 0. The highest BCUT2D eigenvalue weighted by molar-refractivity contribution is 5.33. The molecular formula is C18H19FO. The molecule has 104 valence electrons. The monoisotopic (exact) mass is 270 g/mol. The summed E-state index contributed by atoms with van der Waals surface area (Å²) in [7, 11) is 0. The first-order chi connectivity index (χ1) is 9.72. The van der Waals surface area contributed by atoms with E-state index in [0.29, 0.717) is 0 Å². The third-order valence-corrected chi connectivity index (χ3v) is 4.55. The third kappa shape index (κ3) is 2.25. The Bertz CT molecular complexity index is 556. The molecule has 1 fully saturated rings. The van der Waals surface area contributed by atoms with Crippen molar-refractivity contribution < 1.29 is 9.50 Å². The van der Waals surface area contributed by atoms with Crippen molar-refractivity contribution in [2.24, 2.45) is 0 Å². The Morgan fingerprint density at radius 1 is 0.900 bits per heavy atom. The zero-order valence-corrected chi connectivity index (χ0v) is 11.4. The predicted octanol–water partition coefficient (Wildman–Crippen LogP) is 4.37. The van der Waals surface area contributed by atoms with E-state index in [0.717, 1.165) is 31.2 Å². The van der Waals surface area contributed by atoms with Crippen LogP contribution in [0.4, 0.5) is 4.39 Å². The van der Waals surface area contributed by atoms with Crippen molar-refractivity contribution in [2.45, 2.75) is 37.2 Å². The highest BCUT2D eigenvalue weighted by Crippen LogP contribution is 2.49. The second-order valence-corrected chi connectivity index (χ2v) is 5.68. The SMILES string of the molecule is OC(c1ccc(F)cc1)C1(c2ccccc2)CCCC1. The van der Waals surface area contributed by atoms with Gasteiger partial charge in [-0.2, -0.15) is 0 Å². The van der Waals surface area contributed by atoms with Crippen LogP contribution in [0.15, 0.2) is 54.6 Å². The summed E-state index contributed by atoms with van der Waals surface area (Å²) in [5, 5.41) is 10.9. The lowest BCUT2D eigenvalue weighted by atomic mass is 9.72. The van der Waals surface area contributed by atoms with E-state index >= 15 is 0 Å². The standard InChI is InChI=1S/C18H19FO/c19-16-10-8-14(9-11-16)17(20)18(12-4-5-13-18)15-6-2-1-3-7-15/h1-3,6-11,17,20H,4-5,12-13H2. The van der Waals surface area contributed by atoms with E-state index in [9.17, 15) is 9.50 Å². The maximum Gasteiger partial charge on any atom is 0.123 e. The Labute approximate surface area is 119 Å². The van der Waals surface area contributed by atoms with Crippen LogP contribution in [0.1, 0.15) is 42.9 Å². The van der Waals surface area contributed by atoms with Gasteiger partial charge in [-0.1, -0.05) is 55.3 Å². The quantitative estimate of drug-likeness (QED) is 0.878. The van der Waals surface area contributed by atoms with Gasteiger partial charge >= 0.3 is 0 Å². The van der Waals surface area contributed by atoms with E-state index < -0.39 is 6.10 Å². The van der Waals surface area contributed by atoms with Crippen molar-refractivity contribution in [1.82, 2.24) is 0 Å². The molecule has 0 amide bonds. The number of hydrogen-bond donors (Lipinski definition) is 1. The summed E-state index contributed by atoms with van der Waals surface area (Å²) in [6.07, 6.45) is 3.65. The molecular weight excluding hydrogens is 251 g/mol. The highest BCUT2D eigenvalue weighted by atomic mass is 19.1. The van der Waals surface area contributed by atoms with Crippen molar-refractivity contribution in [3.05, 3.63) is 71.5 Å². The minimum absolute atomic E-state index is 0.223. The minimum atomic E-state index is -0.576. The minimum Gasteiger partial charge on any atom is -0.387 e. The fourth-order valence-electron chi connectivity index (χ4n) is 3.46. The van der Waals surface area contributed by atoms with Crippen molar-refractivity contribution in [3.8, 4) is 0 Å². The molecule has 0 saturated heterocycles. The number of benzene rings is 2. The molecule has 1 unspecified atom stereocenters. The molecule has 1 saturated carbocycles. The Morgan fingerprint density at radius 3 is 2.10 bits per heavy atom. The van der Waals surface area contributed by atoms with Gasteiger partial charge < -0.3 is 5.11 Å². The first kappa shape index (κ1) is 13.3. The second-order valence-electron chi connectivity index (χ2n) is 5.68. The van der Waals surface area contributed by atoms with Crippen molar-refractivity contribution in [1.29, 1.82) is 0 Å². The van der Waals surface area contributed by atoms with E-state index in [4.69, 9.17) is 0 Å². The number of aliphatic hydroxyl groups excluding tert-OH is 1. The Morgan fingerprint density at radius 2 is 1.50 bits per heavy atom. The van der Waals surface area contributed by atoms with Crippen LogP contribution in [0.3, 0.4) is 0 Å². The largest absolute Gasteiger partial charge is 0.387 e. The molecule has 3 rings (SSSR count). The Balaban J connectivity index is 2.00. The number of hydrogen-bond acceptors (Lipinski definition) is 1. The summed E-state index contributed by atoms with van der Waals surface area (Å²) < 4.78 is 13.1. The molecule has 0 aliphatic heterocycles. The number of aliphatic hydroxyl groups is 1. The topological polar surface area (TPSA) is 20.2 Å². The van der Waals surface area contributed by atoms with Crippen LogP contribution in [-0.4, -0.2) is 5.11 Å². The molecule has 2 aromatic carbocycles. The second kappa shape index (κ2) is 5.37. The molecule has 0 heterocycles. The van der Waals surface area contributed by atoms with E-state index in [1.165, 1.54) is 17.7 Å². The fraction of sp³-hybridized carbons (Fsp3) is 0.333. The van der Waals surface area contributed by atoms with Gasteiger partial charge in [-0.25, -0.2) is 4.39 Å². The van der Waals surface area contributed by atoms with Gasteiger partial charge in [0.1, 0.15) is 5.82 Å². The van der Waals surface area contributed by atoms with E-state index in [1.54, 1.807) is 12.1 Å². The van der Waals surface area contributed by atoms with E-state index in [-0.39, 0.29) is 11.2 Å². The smallest absolute Gasteiger partial charge is 0.123 e. The Kier molecular flexibility index (Phi) is 3.58. The first-order valence-electron chi connectivity index (χ1n) is 7.21. The average Bonchev–Trinajstić information content (AvgIpc) is 2.99. The molecule has 0 radical (unpaired) electrons. The summed E-state index contributed by atoms with van der Waals surface area (Å²) in [5.74, 6) is -0.263. The normalized spacial score (nSPS) is 18.9. The van der Waals surface area contributed by atoms with Gasteiger partial charge in [0.2, 0.25) is 0 Å². The lowest BCUT2D eigenvalue weighted by Crippen LogP contribution is -2.30. The van der Waals surface area contributed by atoms with Crippen molar-refractivity contribution >= 4 is 0 Å². The van der Waals surface area contributed by atoms with Gasteiger partial charge in [0.25, 0.3) is 0 Å². The van der Waals surface area contributed by atoms with E-state index in [2.05, 4.69) is 12.1 Å². The van der Waals surface area contributed by atoms with Crippen LogP contribution in [0.2, 0.25) is 0 Å². The van der Waals surface area contributed by atoms with Gasteiger partial charge in [0.15, 0.2) is 0 Å². The van der Waals surface area contributed by atoms with Gasteiger partial charge in [-0.05, 0) is 36.1 Å². The average molecular weight is 270 g/mol. The fourth-order valence-corrected chi connectivity index (χ4v) is 3.46. The van der Waals surface area contributed by atoms with Crippen LogP contribution in [0.25, 0.3) is 0 Å². The van der Waals surface area contributed by atoms with Crippen LogP contribution in [0.5, 0.6) is 0 Å². The molecule has 1 atom stereocenters. The molecule has 2 aromatic rings. The van der Waals surface area contributed by atoms with Crippen LogP contribution >= 0.6 is 0 Å². The van der Waals surface area contributed by atoms with Gasteiger partial charge in [0.05, 0.1) is 6.10 Å². The molecule has 1 aliphatic carbocycles. The lowest BCUT2D eigenvalue weighted by Gasteiger charge is -2.35. The van der Waals surface area contributed by atoms with Crippen molar-refractivity contribution in [2.75, 3.05) is 0 Å². The molecule has 0 spiro atoms. The summed E-state index contributed by atoms with van der Waals surface area (Å²) in [4.78, 5) is 0. The Hall–Kier alpha value is -1.67. The zero-order chi connectivity index (χ0) is 14.0. The van der Waals surface area contributed by atoms with Crippen LogP contribution < -0.4 is 0 Å². The molecule has 1 nitrogen and oxygen atoms in total. The molecule has 0 bridgehead atoms. The van der Waals surface area contributed by atoms with Crippen molar-refractivity contribution in [3.63, 3.8) is 0 Å². The van der Waals surface area contributed by atoms with Gasteiger partial charge in [0, 0.05) is 5.41 Å². The maximum absolute atomic E-state index is 13.1. The molecule has 2 heteroatoms. The molecule has 1 N–H and O–H groups in total. The molecule has 20 heavy (non-hydrogen) atoms. The summed E-state index contributed by atoms with van der Waals surface area (Å²) in [6.45, 7) is 0.